The Kier molecular flexibility index (Phi) is 28.7. The molecule has 0 atom stereocenters. The zero-order chi connectivity index (χ0) is 99.7. The Hall–Kier alpha value is -11.2. The average Bonchev–Trinajstić information content (AvgIpc) is 1.53. The van der Waals surface area contributed by atoms with Crippen molar-refractivity contribution in [2.45, 2.75) is 230 Å². The van der Waals surface area contributed by atoms with Crippen LogP contribution in [-0.2, 0) is 67.8 Å². The molecule has 20 bridgehead atoms. The quantitative estimate of drug-likeness (QED) is 0.0290. The van der Waals surface area contributed by atoms with E-state index < -0.39 is 18.1 Å². The predicted octanol–water partition coefficient (Wildman–Crippen LogP) is 18.7. The highest BCUT2D eigenvalue weighted by atomic mass is 35.5. The Morgan fingerprint density at radius 1 is 0.378 bits per heavy atom. The summed E-state index contributed by atoms with van der Waals surface area (Å²) in [6.45, 7) is 0.474. The lowest BCUT2D eigenvalue weighted by Crippen LogP contribution is -2.56. The van der Waals surface area contributed by atoms with Crippen LogP contribution in [0.4, 0.5) is 26.3 Å². The summed E-state index contributed by atoms with van der Waals surface area (Å²) < 4.78 is 122. The number of benzene rings is 4. The van der Waals surface area contributed by atoms with Gasteiger partial charge < -0.3 is 64.8 Å². The molecule has 36 heteroatoms. The maximum absolute atomic E-state index is 13.2. The highest BCUT2D eigenvalue weighted by Crippen LogP contribution is 2.59. The van der Waals surface area contributed by atoms with E-state index in [1.54, 1.807) is 95.5 Å². The van der Waals surface area contributed by atoms with Gasteiger partial charge in [0.2, 0.25) is 23.5 Å². The van der Waals surface area contributed by atoms with Crippen LogP contribution >= 0.6 is 23.2 Å². The first-order valence-electron chi connectivity index (χ1n) is 51.2. The molecule has 9 aromatic rings. The van der Waals surface area contributed by atoms with Gasteiger partial charge in [-0.05, 0) is 339 Å². The Labute approximate surface area is 837 Å². The van der Waals surface area contributed by atoms with Crippen molar-refractivity contribution in [3.63, 3.8) is 0 Å². The zero-order valence-electron chi connectivity index (χ0n) is 81.8. The number of aromatic amines is 1. The topological polar surface area (TPSA) is 319 Å². The molecule has 20 aliphatic rings. The van der Waals surface area contributed by atoms with Gasteiger partial charge in [-0.3, -0.25) is 33.4 Å². The molecule has 20 saturated carbocycles. The Morgan fingerprint density at radius 3 is 1.01 bits per heavy atom. The number of hydrogen-bond donors (Lipinski definition) is 6. The van der Waals surface area contributed by atoms with Crippen molar-refractivity contribution >= 4 is 52.7 Å². The van der Waals surface area contributed by atoms with Crippen LogP contribution in [0.15, 0.2) is 121 Å². The van der Waals surface area contributed by atoms with Crippen molar-refractivity contribution in [1.29, 1.82) is 0 Å². The largest absolute Gasteiger partial charge is 0.573 e. The molecule has 143 heavy (non-hydrogen) atoms. The van der Waals surface area contributed by atoms with Crippen LogP contribution in [0.25, 0.3) is 0 Å². The maximum Gasteiger partial charge on any atom is 0.573 e. The van der Waals surface area contributed by atoms with Crippen molar-refractivity contribution < 1.29 is 83.5 Å². The van der Waals surface area contributed by atoms with Crippen LogP contribution in [0.1, 0.15) is 240 Å². The molecule has 6 N–H and O–H groups in total. The lowest BCUT2D eigenvalue weighted by atomic mass is 9.54. The molecular weight excluding hydrogens is 1890 g/mol. The number of hydrogen-bond acceptors (Lipinski definition) is 17. The Bertz CT molecular complexity index is 6040. The molecule has 0 radical (unpaired) electrons. The van der Waals surface area contributed by atoms with Gasteiger partial charge in [0.05, 0.1) is 44.6 Å². The van der Waals surface area contributed by atoms with E-state index in [1.807, 2.05) is 18.2 Å². The molecular formula is C107H129Cl2F6N15O13. The van der Waals surface area contributed by atoms with E-state index in [4.69, 9.17) is 51.6 Å². The maximum atomic E-state index is 13.2. The molecule has 5 amide bonds. The van der Waals surface area contributed by atoms with Crippen LogP contribution < -0.4 is 65.3 Å². The lowest BCUT2D eigenvalue weighted by Gasteiger charge is -2.54. The van der Waals surface area contributed by atoms with Crippen molar-refractivity contribution in [2.24, 2.45) is 154 Å². The van der Waals surface area contributed by atoms with Crippen LogP contribution in [0, 0.1) is 118 Å². The number of aromatic nitrogens is 10. The van der Waals surface area contributed by atoms with E-state index in [1.165, 1.54) is 223 Å². The molecule has 4 aromatic carbocycles. The van der Waals surface area contributed by atoms with Gasteiger partial charge in [-0.2, -0.15) is 33.6 Å². The molecule has 0 aliphatic heterocycles. The fraction of sp³-hybridized carbons (Fsp3) is 0.589. The first kappa shape index (κ1) is 99.2. The summed E-state index contributed by atoms with van der Waals surface area (Å²) >= 11 is 12.3. The summed E-state index contributed by atoms with van der Waals surface area (Å²) in [6, 6.07) is 22.6. The number of aryl methyl sites for hydroxylation is 5. The third-order valence-corrected chi connectivity index (χ3v) is 35.3. The summed E-state index contributed by atoms with van der Waals surface area (Å²) in [5.74, 6) is 16.3. The van der Waals surface area contributed by atoms with E-state index in [0.29, 0.717) is 132 Å². The second kappa shape index (κ2) is 41.4. The number of para-hydroxylation sites is 1. The summed E-state index contributed by atoms with van der Waals surface area (Å²) in [4.78, 5) is 76.7. The van der Waals surface area contributed by atoms with E-state index >= 15 is 0 Å². The number of halogens is 8. The fourth-order valence-corrected chi connectivity index (χ4v) is 29.9. The van der Waals surface area contributed by atoms with Crippen LogP contribution in [-0.4, -0.2) is 129 Å². The molecule has 5 aromatic heterocycles. The number of nitrogens with zero attached hydrogens (tertiary/aromatic N) is 9. The minimum Gasteiger partial charge on any atom is -0.493 e. The summed E-state index contributed by atoms with van der Waals surface area (Å²) in [6.07, 6.45) is 30.3. The molecule has 20 fully saturated rings. The average molecular weight is 2020 g/mol. The SMILES string of the molecule is COc1cccc(COc2c(C(=O)NC3C4CC5CC(C4)CC3C5)cnn2C)c1OC.Cn1[nH]cc(C(=O)NC2C3CC4CC(C3)CC2C4)c1=O.Cn1ncc(C(=O)NC2C3CC4CC(C3)CC2C4)c1OCc1cc(Cl)ccc1Cl.Cn1ncc(C(=O)NC2C3CC4CC(C3)CC2C4)c1OCc1ccc(OC(F)(F)F)cc1.Cn1ncc(C(=O)NC2C3CC4CC(C3)CC2C4)c1OCc1cccc(C(F)(F)F)c1. The number of carbonyl (C=O) groups is 5. The van der Waals surface area contributed by atoms with Gasteiger partial charge in [-0.1, -0.05) is 59.6 Å². The van der Waals surface area contributed by atoms with Crippen molar-refractivity contribution in [3.8, 4) is 40.8 Å². The van der Waals surface area contributed by atoms with Gasteiger partial charge in [-0.25, -0.2) is 18.7 Å². The summed E-state index contributed by atoms with van der Waals surface area (Å²) in [7, 11) is 11.7. The van der Waals surface area contributed by atoms with E-state index in [2.05, 4.69) is 56.8 Å². The Morgan fingerprint density at radius 2 is 0.699 bits per heavy atom. The Balaban J connectivity index is 0.000000110. The number of amides is 5. The number of rotatable bonds is 25. The number of H-pyrrole nitrogens is 1. The van der Waals surface area contributed by atoms with Gasteiger partial charge in [0.15, 0.2) is 11.5 Å². The number of ether oxygens (including phenoxy) is 7. The highest BCUT2D eigenvalue weighted by molar-refractivity contribution is 6.33. The fourth-order valence-electron chi connectivity index (χ4n) is 29.5. The number of nitrogens with one attached hydrogen (secondary N) is 6. The molecule has 28 nitrogen and oxygen atoms in total. The second-order valence-corrected chi connectivity index (χ2v) is 44.9. The van der Waals surface area contributed by atoms with Crippen molar-refractivity contribution in [3.05, 3.63) is 192 Å². The van der Waals surface area contributed by atoms with Gasteiger partial charge in [0.1, 0.15) is 60.0 Å². The first-order valence-corrected chi connectivity index (χ1v) is 52.0. The molecule has 0 unspecified atom stereocenters. The monoisotopic (exact) mass is 2020 g/mol. The number of carbonyl (C=O) groups excluding carboxylic acids is 5. The van der Waals surface area contributed by atoms with Crippen LogP contribution in [0.3, 0.4) is 0 Å². The van der Waals surface area contributed by atoms with Crippen molar-refractivity contribution in [1.82, 2.24) is 75.5 Å². The predicted molar refractivity (Wildman–Crippen MR) is 518 cm³/mol. The highest BCUT2D eigenvalue weighted by Gasteiger charge is 2.55. The molecule has 0 saturated heterocycles. The minimum absolute atomic E-state index is 0.0816. The van der Waals surface area contributed by atoms with E-state index in [-0.39, 0.29) is 109 Å². The van der Waals surface area contributed by atoms with Gasteiger partial charge in [0.25, 0.3) is 35.1 Å². The summed E-state index contributed by atoms with van der Waals surface area (Å²) in [5, 5.41) is 37.1. The number of alkyl halides is 6. The molecule has 29 rings (SSSR count). The third kappa shape index (κ3) is 21.8. The van der Waals surface area contributed by atoms with Crippen molar-refractivity contribution in [2.75, 3.05) is 14.2 Å². The standard InChI is InChI=1S/C24H31N3O4.C23H26F3N3O3.C23H26F3N3O2.C22H25Cl2N3O2.C15H21N3O2/c1-27-24(31-13-16-5-4-6-20(29-2)22(16)30-3)19(12-25-27)23(28)26-21-17-8-14-7-15(10-17)11-18(21)9-14;1-29-22(31-12-13-2-4-18(5-3-13)32-23(24,25)26)19(11-27-29)21(30)28-20-16-7-14-6-15(9-16)10-17(20)8-14;1-29-22(31-12-13-3-2-4-18(10-13)23(24,25)26)19(11-27-29)21(30)28-20-16-6-14-5-15(8-16)9-17(20)7-14;1-27-22(29-11-16-9-17(23)2-3-19(16)24)18(10-25-27)21(28)26-20-14-5-12-4-13(7-14)8-15(20)6-12;1-18-15(20)12(7-16-18)14(19)17-13-10-3-8-2-9(5-10)6-11(13)4-8/h4-6,12,14-15,17-18,21H,7-11,13H2,1-3H3,(H,26,28);2-5,11,14-17,20H,6-10,12H2,1H3,(H,28,30);2-4,10-11,14-17,20H,5-9,12H2,1H3,(H,28,30);2-3,9-10,12-15,20H,4-8,11H2,1H3,(H,26,28);7-11,13,16H,2-6H2,1H3,(H,17,19). The molecule has 0 spiro atoms. The lowest BCUT2D eigenvalue weighted by molar-refractivity contribution is -0.274. The van der Waals surface area contributed by atoms with Gasteiger partial charge >= 0.3 is 12.5 Å². The smallest absolute Gasteiger partial charge is 0.493 e. The van der Waals surface area contributed by atoms with Crippen LogP contribution in [0.2, 0.25) is 10.0 Å². The van der Waals surface area contributed by atoms with Crippen LogP contribution in [0.5, 0.6) is 40.8 Å². The molecule has 5 heterocycles. The minimum atomic E-state index is -4.73. The zero-order valence-corrected chi connectivity index (χ0v) is 83.3. The molecule has 766 valence electrons. The van der Waals surface area contributed by atoms with E-state index in [9.17, 15) is 55.1 Å². The second-order valence-electron chi connectivity index (χ2n) is 44.1. The summed E-state index contributed by atoms with van der Waals surface area (Å²) in [5.41, 5.74) is 3.56. The van der Waals surface area contributed by atoms with Gasteiger partial charge in [0, 0.05) is 92.8 Å². The first-order chi connectivity index (χ1) is 68.7. The molecule has 20 aliphatic carbocycles. The van der Waals surface area contributed by atoms with Gasteiger partial charge in [-0.15, -0.1) is 13.2 Å². The third-order valence-electron chi connectivity index (χ3n) is 34.7. The number of methoxy groups -OCH3 is 2. The van der Waals surface area contributed by atoms with E-state index in [0.717, 1.165) is 82.4 Å². The normalized spacial score (nSPS) is 30.3.